The third kappa shape index (κ3) is 2.16. The van der Waals surface area contributed by atoms with Gasteiger partial charge in [-0.15, -0.1) is 0 Å². The zero-order chi connectivity index (χ0) is 9.97. The molecule has 0 aliphatic heterocycles. The number of benzene rings is 1. The summed E-state index contributed by atoms with van der Waals surface area (Å²) in [4.78, 5) is 11.4. The first-order chi connectivity index (χ1) is 6.77. The van der Waals surface area contributed by atoms with Gasteiger partial charge in [0.2, 0.25) is 0 Å². The summed E-state index contributed by atoms with van der Waals surface area (Å²) in [6.07, 6.45) is 3.78. The van der Waals surface area contributed by atoms with Crippen molar-refractivity contribution in [1.29, 1.82) is 0 Å². The second-order valence-corrected chi connectivity index (χ2v) is 5.02. The van der Waals surface area contributed by atoms with E-state index in [4.69, 9.17) is 0 Å². The molecule has 1 aromatic carbocycles. The summed E-state index contributed by atoms with van der Waals surface area (Å²) in [6, 6.07) is 8.40. The van der Waals surface area contributed by atoms with E-state index in [-0.39, 0.29) is 0 Å². The Morgan fingerprint density at radius 1 is 1.29 bits per heavy atom. The van der Waals surface area contributed by atoms with Crippen molar-refractivity contribution in [3.05, 3.63) is 33.4 Å². The van der Waals surface area contributed by atoms with E-state index in [1.807, 2.05) is 0 Å². The zero-order valence-corrected chi connectivity index (χ0v) is 10.2. The van der Waals surface area contributed by atoms with Crippen molar-refractivity contribution in [1.82, 2.24) is 0 Å². The Kier molecular flexibility index (Phi) is 3.21. The molecule has 0 N–H and O–H groups in total. The van der Waals surface area contributed by atoms with Crippen LogP contribution in [0.15, 0.2) is 24.3 Å². The van der Waals surface area contributed by atoms with Crippen molar-refractivity contribution in [3.63, 3.8) is 0 Å². The highest BCUT2D eigenvalue weighted by molar-refractivity contribution is 14.1. The second-order valence-electron chi connectivity index (χ2n) is 3.85. The largest absolute Gasteiger partial charge is 0.300 e. The van der Waals surface area contributed by atoms with Crippen LogP contribution in [0.25, 0.3) is 0 Å². The number of carbonyl (C=O) groups is 1. The smallest absolute Gasteiger partial charge is 0.133 e. The van der Waals surface area contributed by atoms with Gasteiger partial charge in [0.05, 0.1) is 0 Å². The standard InChI is InChI=1S/C12H13IO/c13-12-7-2-1-6-11(12)9-4-3-5-10(14)8-9/h1-2,6-7,9H,3-5,8H2. The van der Waals surface area contributed by atoms with Gasteiger partial charge in [-0.05, 0) is 53.0 Å². The number of hydrogen-bond acceptors (Lipinski definition) is 1. The lowest BCUT2D eigenvalue weighted by Gasteiger charge is -2.22. The first kappa shape index (κ1) is 10.1. The van der Waals surface area contributed by atoms with Gasteiger partial charge < -0.3 is 0 Å². The fourth-order valence-electron chi connectivity index (χ4n) is 2.10. The highest BCUT2D eigenvalue weighted by Gasteiger charge is 2.21. The van der Waals surface area contributed by atoms with Gasteiger partial charge in [-0.25, -0.2) is 0 Å². The first-order valence-corrected chi connectivity index (χ1v) is 6.11. The lowest BCUT2D eigenvalue weighted by Crippen LogP contribution is -2.14. The van der Waals surface area contributed by atoms with Crippen molar-refractivity contribution in [2.75, 3.05) is 0 Å². The molecule has 1 aliphatic carbocycles. The summed E-state index contributed by atoms with van der Waals surface area (Å²) in [5, 5.41) is 0. The molecule has 14 heavy (non-hydrogen) atoms. The third-order valence-corrected chi connectivity index (χ3v) is 3.81. The summed E-state index contributed by atoms with van der Waals surface area (Å²) in [7, 11) is 0. The van der Waals surface area contributed by atoms with Gasteiger partial charge in [0.15, 0.2) is 0 Å². The maximum absolute atomic E-state index is 11.4. The Balaban J connectivity index is 2.22. The van der Waals surface area contributed by atoms with Crippen LogP contribution >= 0.6 is 22.6 Å². The van der Waals surface area contributed by atoms with E-state index in [1.165, 1.54) is 15.6 Å². The molecule has 74 valence electrons. The van der Waals surface area contributed by atoms with E-state index in [9.17, 15) is 4.79 Å². The first-order valence-electron chi connectivity index (χ1n) is 5.03. The number of carbonyl (C=O) groups excluding carboxylic acids is 1. The molecule has 1 nitrogen and oxygen atoms in total. The molecule has 1 fully saturated rings. The Hall–Kier alpha value is -0.380. The lowest BCUT2D eigenvalue weighted by molar-refractivity contribution is -0.120. The van der Waals surface area contributed by atoms with Crippen molar-refractivity contribution >= 4 is 28.4 Å². The van der Waals surface area contributed by atoms with Gasteiger partial charge in [-0.3, -0.25) is 4.79 Å². The van der Waals surface area contributed by atoms with Crippen LogP contribution in [0.3, 0.4) is 0 Å². The summed E-state index contributed by atoms with van der Waals surface area (Å²) in [5.74, 6) is 0.908. The van der Waals surface area contributed by atoms with Crippen LogP contribution in [-0.4, -0.2) is 5.78 Å². The Morgan fingerprint density at radius 3 is 2.79 bits per heavy atom. The molecule has 1 unspecified atom stereocenters. The fraction of sp³-hybridized carbons (Fsp3) is 0.417. The van der Waals surface area contributed by atoms with Gasteiger partial charge >= 0.3 is 0 Å². The molecule has 0 radical (unpaired) electrons. The topological polar surface area (TPSA) is 17.1 Å². The predicted molar refractivity (Wildman–Crippen MR) is 65.4 cm³/mol. The molecule has 1 atom stereocenters. The molecule has 0 spiro atoms. The maximum Gasteiger partial charge on any atom is 0.133 e. The van der Waals surface area contributed by atoms with E-state index in [0.29, 0.717) is 11.7 Å². The van der Waals surface area contributed by atoms with E-state index in [1.54, 1.807) is 0 Å². The summed E-state index contributed by atoms with van der Waals surface area (Å²) < 4.78 is 1.30. The van der Waals surface area contributed by atoms with E-state index in [2.05, 4.69) is 46.9 Å². The highest BCUT2D eigenvalue weighted by Crippen LogP contribution is 2.33. The molecule has 0 heterocycles. The molecule has 0 saturated heterocycles. The normalized spacial score (nSPS) is 22.4. The summed E-state index contributed by atoms with van der Waals surface area (Å²) in [5.41, 5.74) is 1.36. The van der Waals surface area contributed by atoms with E-state index in [0.717, 1.165) is 19.3 Å². The number of hydrogen-bond donors (Lipinski definition) is 0. The molecular weight excluding hydrogens is 287 g/mol. The Labute approximate surface area is 98.0 Å². The summed E-state index contributed by atoms with van der Waals surface area (Å²) in [6.45, 7) is 0. The molecule has 1 saturated carbocycles. The molecule has 1 aromatic rings. The molecule has 0 bridgehead atoms. The molecule has 0 amide bonds. The number of ketones is 1. The quantitative estimate of drug-likeness (QED) is 0.725. The molecule has 1 aliphatic rings. The van der Waals surface area contributed by atoms with Crippen molar-refractivity contribution in [2.45, 2.75) is 31.6 Å². The van der Waals surface area contributed by atoms with Gasteiger partial charge in [-0.2, -0.15) is 0 Å². The van der Waals surface area contributed by atoms with Crippen LogP contribution in [0.4, 0.5) is 0 Å². The van der Waals surface area contributed by atoms with Crippen LogP contribution < -0.4 is 0 Å². The number of rotatable bonds is 1. The van der Waals surface area contributed by atoms with E-state index >= 15 is 0 Å². The average Bonchev–Trinajstić information content (AvgIpc) is 2.18. The van der Waals surface area contributed by atoms with Gasteiger partial charge in [0.1, 0.15) is 5.78 Å². The molecular formula is C12H13IO. The summed E-state index contributed by atoms with van der Waals surface area (Å²) >= 11 is 2.36. The second kappa shape index (κ2) is 4.43. The van der Waals surface area contributed by atoms with Crippen LogP contribution in [-0.2, 0) is 4.79 Å². The maximum atomic E-state index is 11.4. The van der Waals surface area contributed by atoms with Crippen molar-refractivity contribution in [3.8, 4) is 0 Å². The Bertz CT molecular complexity index is 346. The van der Waals surface area contributed by atoms with Crippen molar-refractivity contribution in [2.24, 2.45) is 0 Å². The van der Waals surface area contributed by atoms with E-state index < -0.39 is 0 Å². The Morgan fingerprint density at radius 2 is 2.07 bits per heavy atom. The van der Waals surface area contributed by atoms with Gasteiger partial charge in [-0.1, -0.05) is 18.2 Å². The lowest BCUT2D eigenvalue weighted by atomic mass is 9.83. The molecule has 2 rings (SSSR count). The van der Waals surface area contributed by atoms with Gasteiger partial charge in [0.25, 0.3) is 0 Å². The van der Waals surface area contributed by atoms with Crippen LogP contribution in [0, 0.1) is 3.57 Å². The van der Waals surface area contributed by atoms with Crippen LogP contribution in [0.5, 0.6) is 0 Å². The predicted octanol–water partition coefficient (Wildman–Crippen LogP) is 3.52. The number of Topliss-reactive ketones (excluding diaryl/α,β-unsaturated/α-hetero) is 1. The number of halogens is 1. The molecule has 0 aromatic heterocycles. The van der Waals surface area contributed by atoms with Crippen LogP contribution in [0.1, 0.15) is 37.2 Å². The SMILES string of the molecule is O=C1CCCC(c2ccccc2I)C1. The fourth-order valence-corrected chi connectivity index (χ4v) is 2.92. The minimum atomic E-state index is 0.431. The average molecular weight is 300 g/mol. The minimum absolute atomic E-state index is 0.431. The minimum Gasteiger partial charge on any atom is -0.300 e. The highest BCUT2D eigenvalue weighted by atomic mass is 127. The van der Waals surface area contributed by atoms with Crippen molar-refractivity contribution < 1.29 is 4.79 Å². The monoisotopic (exact) mass is 300 g/mol. The zero-order valence-electron chi connectivity index (χ0n) is 8.00. The molecule has 2 heteroatoms. The third-order valence-electron chi connectivity index (χ3n) is 2.83. The van der Waals surface area contributed by atoms with Gasteiger partial charge in [0, 0.05) is 16.4 Å². The van der Waals surface area contributed by atoms with Crippen LogP contribution in [0.2, 0.25) is 0 Å².